The van der Waals surface area contributed by atoms with E-state index in [0.29, 0.717) is 17.6 Å². The molecule has 0 aromatic heterocycles. The van der Waals surface area contributed by atoms with Gasteiger partial charge in [0.15, 0.2) is 0 Å². The maximum atomic E-state index is 5.62. The first-order valence-corrected chi connectivity index (χ1v) is 6.54. The van der Waals surface area contributed by atoms with Gasteiger partial charge in [-0.05, 0) is 31.4 Å². The highest BCUT2D eigenvalue weighted by Crippen LogP contribution is 2.10. The molecule has 0 atom stereocenters. The van der Waals surface area contributed by atoms with Crippen LogP contribution in [-0.4, -0.2) is 22.5 Å². The van der Waals surface area contributed by atoms with Crippen LogP contribution < -0.4 is 5.73 Å². The summed E-state index contributed by atoms with van der Waals surface area (Å²) in [6.07, 6.45) is 1.08. The molecule has 17 heavy (non-hydrogen) atoms. The van der Waals surface area contributed by atoms with E-state index in [1.807, 2.05) is 0 Å². The van der Waals surface area contributed by atoms with Gasteiger partial charge in [0.1, 0.15) is 0 Å². The molecule has 94 valence electrons. The van der Waals surface area contributed by atoms with Gasteiger partial charge in [-0.25, -0.2) is 0 Å². The van der Waals surface area contributed by atoms with Crippen molar-refractivity contribution < 1.29 is 0 Å². The highest BCUT2D eigenvalue weighted by atomic mass is 32.1. The summed E-state index contributed by atoms with van der Waals surface area (Å²) in [7, 11) is 0. The molecule has 0 radical (unpaired) electrons. The smallest absolute Gasteiger partial charge is 0.0870 e. The van der Waals surface area contributed by atoms with Gasteiger partial charge >= 0.3 is 0 Å². The van der Waals surface area contributed by atoms with Gasteiger partial charge in [0.2, 0.25) is 0 Å². The Hall–Kier alpha value is -0.930. The van der Waals surface area contributed by atoms with Crippen molar-refractivity contribution in [1.82, 2.24) is 4.90 Å². The molecule has 1 aromatic rings. The van der Waals surface area contributed by atoms with Crippen LogP contribution in [0, 0.1) is 0 Å². The third-order valence-electron chi connectivity index (χ3n) is 2.91. The van der Waals surface area contributed by atoms with Gasteiger partial charge in [0, 0.05) is 19.1 Å². The molecule has 0 saturated carbocycles. The molecule has 1 aromatic carbocycles. The van der Waals surface area contributed by atoms with Crippen LogP contribution in [0.4, 0.5) is 0 Å². The third kappa shape index (κ3) is 4.84. The first-order chi connectivity index (χ1) is 8.02. The van der Waals surface area contributed by atoms with Crippen molar-refractivity contribution in [2.24, 2.45) is 5.73 Å². The highest BCUT2D eigenvalue weighted by molar-refractivity contribution is 7.80. The first-order valence-electron chi connectivity index (χ1n) is 6.13. The summed E-state index contributed by atoms with van der Waals surface area (Å²) in [6, 6.07) is 9.20. The van der Waals surface area contributed by atoms with Gasteiger partial charge in [0.25, 0.3) is 0 Å². The predicted octanol–water partition coefficient (Wildman–Crippen LogP) is 2.75. The molecular formula is C14H22N2S. The number of rotatable bonds is 6. The zero-order valence-electron chi connectivity index (χ0n) is 10.9. The van der Waals surface area contributed by atoms with Crippen molar-refractivity contribution in [3.8, 4) is 0 Å². The van der Waals surface area contributed by atoms with Crippen molar-refractivity contribution in [2.75, 3.05) is 6.54 Å². The van der Waals surface area contributed by atoms with Crippen LogP contribution in [0.15, 0.2) is 24.3 Å². The van der Waals surface area contributed by atoms with Gasteiger partial charge in [0.05, 0.1) is 4.99 Å². The Morgan fingerprint density at radius 3 is 2.18 bits per heavy atom. The zero-order chi connectivity index (χ0) is 12.8. The summed E-state index contributed by atoms with van der Waals surface area (Å²) < 4.78 is 0. The van der Waals surface area contributed by atoms with Crippen LogP contribution in [-0.2, 0) is 13.0 Å². The van der Waals surface area contributed by atoms with E-state index in [0.717, 1.165) is 13.0 Å². The molecule has 0 aliphatic heterocycles. The summed E-state index contributed by atoms with van der Waals surface area (Å²) >= 11 is 4.98. The molecule has 0 aliphatic rings. The fourth-order valence-electron chi connectivity index (χ4n) is 1.74. The second-order valence-corrected chi connectivity index (χ2v) is 5.16. The number of aryl methyl sites for hydroxylation is 1. The van der Waals surface area contributed by atoms with E-state index in [2.05, 4.69) is 49.9 Å². The lowest BCUT2D eigenvalue weighted by atomic mass is 10.1. The molecule has 0 heterocycles. The Morgan fingerprint density at radius 2 is 1.76 bits per heavy atom. The third-order valence-corrected chi connectivity index (χ3v) is 3.04. The molecule has 3 heteroatoms. The minimum Gasteiger partial charge on any atom is -0.392 e. The van der Waals surface area contributed by atoms with Crippen molar-refractivity contribution in [3.05, 3.63) is 35.4 Å². The maximum absolute atomic E-state index is 5.62. The second kappa shape index (κ2) is 6.72. The number of benzene rings is 1. The van der Waals surface area contributed by atoms with Crippen molar-refractivity contribution in [2.45, 2.75) is 39.8 Å². The monoisotopic (exact) mass is 250 g/mol. The molecule has 0 amide bonds. The van der Waals surface area contributed by atoms with E-state index >= 15 is 0 Å². The van der Waals surface area contributed by atoms with Crippen LogP contribution in [0.25, 0.3) is 0 Å². The van der Waals surface area contributed by atoms with Crippen LogP contribution in [0.3, 0.4) is 0 Å². The lowest BCUT2D eigenvalue weighted by Crippen LogP contribution is -2.37. The summed E-state index contributed by atoms with van der Waals surface area (Å²) in [4.78, 5) is 2.84. The number of hydrogen-bond donors (Lipinski definition) is 1. The van der Waals surface area contributed by atoms with Crippen molar-refractivity contribution in [1.29, 1.82) is 0 Å². The van der Waals surface area contributed by atoms with E-state index in [4.69, 9.17) is 18.0 Å². The number of nitrogens with zero attached hydrogens (tertiary/aromatic N) is 1. The SMILES string of the molecule is CCc1ccc(CN(CC(N)=S)C(C)C)cc1. The minimum atomic E-state index is 0.447. The Labute approximate surface area is 110 Å². The first kappa shape index (κ1) is 14.1. The minimum absolute atomic E-state index is 0.447. The predicted molar refractivity (Wildman–Crippen MR) is 78.2 cm³/mol. The van der Waals surface area contributed by atoms with E-state index in [-0.39, 0.29) is 0 Å². The fraction of sp³-hybridized carbons (Fsp3) is 0.500. The number of hydrogen-bond acceptors (Lipinski definition) is 2. The van der Waals surface area contributed by atoms with Crippen molar-refractivity contribution >= 4 is 17.2 Å². The average molecular weight is 250 g/mol. The zero-order valence-corrected chi connectivity index (χ0v) is 11.8. The topological polar surface area (TPSA) is 29.3 Å². The Morgan fingerprint density at radius 1 is 1.24 bits per heavy atom. The number of thiocarbonyl (C=S) groups is 1. The van der Waals surface area contributed by atoms with Crippen LogP contribution >= 0.6 is 12.2 Å². The number of nitrogens with two attached hydrogens (primary N) is 1. The maximum Gasteiger partial charge on any atom is 0.0870 e. The van der Waals surface area contributed by atoms with Crippen LogP contribution in [0.1, 0.15) is 31.9 Å². The molecule has 1 rings (SSSR count). The second-order valence-electron chi connectivity index (χ2n) is 4.64. The van der Waals surface area contributed by atoms with Gasteiger partial charge in [-0.15, -0.1) is 0 Å². The molecule has 0 spiro atoms. The van der Waals surface area contributed by atoms with E-state index in [1.54, 1.807) is 0 Å². The quantitative estimate of drug-likeness (QED) is 0.787. The van der Waals surface area contributed by atoms with Gasteiger partial charge < -0.3 is 5.73 Å². The standard InChI is InChI=1S/C14H22N2S/c1-4-12-5-7-13(8-6-12)9-16(11(2)3)10-14(15)17/h5-8,11H,4,9-10H2,1-3H3,(H2,15,17). The normalized spacial score (nSPS) is 11.1. The van der Waals surface area contributed by atoms with E-state index < -0.39 is 0 Å². The van der Waals surface area contributed by atoms with Crippen molar-refractivity contribution in [3.63, 3.8) is 0 Å². The van der Waals surface area contributed by atoms with Gasteiger partial charge in [-0.1, -0.05) is 43.4 Å². The Bertz CT molecular complexity index is 357. The fourth-order valence-corrected chi connectivity index (χ4v) is 1.90. The molecule has 0 fully saturated rings. The summed E-state index contributed by atoms with van der Waals surface area (Å²) in [6.45, 7) is 8.08. The molecule has 0 aliphatic carbocycles. The largest absolute Gasteiger partial charge is 0.392 e. The lowest BCUT2D eigenvalue weighted by Gasteiger charge is -2.25. The molecule has 2 N–H and O–H groups in total. The molecule has 0 bridgehead atoms. The van der Waals surface area contributed by atoms with Crippen LogP contribution in [0.2, 0.25) is 0 Å². The molecule has 0 saturated heterocycles. The molecule has 0 unspecified atom stereocenters. The summed E-state index contributed by atoms with van der Waals surface area (Å²) in [5.41, 5.74) is 8.31. The summed E-state index contributed by atoms with van der Waals surface area (Å²) in [5, 5.41) is 0. The molecular weight excluding hydrogens is 228 g/mol. The Kier molecular flexibility index (Phi) is 5.59. The molecule has 2 nitrogen and oxygen atoms in total. The van der Waals surface area contributed by atoms with Crippen LogP contribution in [0.5, 0.6) is 0 Å². The average Bonchev–Trinajstić information content (AvgIpc) is 2.28. The van der Waals surface area contributed by atoms with E-state index in [9.17, 15) is 0 Å². The van der Waals surface area contributed by atoms with Gasteiger partial charge in [-0.2, -0.15) is 0 Å². The Balaban J connectivity index is 2.68. The summed E-state index contributed by atoms with van der Waals surface area (Å²) in [5.74, 6) is 0. The highest BCUT2D eigenvalue weighted by Gasteiger charge is 2.10. The van der Waals surface area contributed by atoms with Gasteiger partial charge in [-0.3, -0.25) is 4.90 Å². The van der Waals surface area contributed by atoms with E-state index in [1.165, 1.54) is 11.1 Å². The lowest BCUT2D eigenvalue weighted by molar-refractivity contribution is 0.245.